The molecule has 2 saturated heterocycles. The van der Waals surface area contributed by atoms with Crippen LogP contribution in [0.5, 0.6) is 0 Å². The molecule has 41 heavy (non-hydrogen) atoms. The molecule has 2 amide bonds. The summed E-state index contributed by atoms with van der Waals surface area (Å²) in [6.07, 6.45) is 7.53. The van der Waals surface area contributed by atoms with E-state index in [1.165, 1.54) is 0 Å². The van der Waals surface area contributed by atoms with Gasteiger partial charge < -0.3 is 19.4 Å². The lowest BCUT2D eigenvalue weighted by atomic mass is 9.92. The molecule has 1 aromatic rings. The van der Waals surface area contributed by atoms with Crippen LogP contribution in [-0.4, -0.2) is 110 Å². The molecule has 2 aliphatic heterocycles. The van der Waals surface area contributed by atoms with Gasteiger partial charge in [-0.05, 0) is 65.0 Å². The van der Waals surface area contributed by atoms with Crippen LogP contribution in [0, 0.1) is 17.7 Å². The third-order valence-electron chi connectivity index (χ3n) is 8.37. The van der Waals surface area contributed by atoms with Crippen LogP contribution < -0.4 is 15.8 Å². The number of aromatic nitrogens is 2. The highest BCUT2D eigenvalue weighted by Crippen LogP contribution is 2.32. The fourth-order valence-corrected chi connectivity index (χ4v) is 6.23. The van der Waals surface area contributed by atoms with E-state index in [1.807, 2.05) is 33.1 Å². The van der Waals surface area contributed by atoms with E-state index in [4.69, 9.17) is 21.2 Å². The van der Waals surface area contributed by atoms with Crippen LogP contribution in [0.15, 0.2) is 0 Å². The molecule has 0 radical (unpaired) electrons. The number of ether oxygens (including phenoxy) is 1. The van der Waals surface area contributed by atoms with E-state index in [0.717, 1.165) is 43.6 Å². The molecular weight excluding hydrogens is 555 g/mol. The minimum Gasteiger partial charge on any atom is -0.351 e. The number of likely N-dealkylation sites (N-methyl/N-ethyl adjacent to an activating group) is 2. The van der Waals surface area contributed by atoms with Gasteiger partial charge in [0.1, 0.15) is 0 Å². The molecule has 230 valence electrons. The fraction of sp³-hybridized carbons (Fsp3) is 0.778. The lowest BCUT2D eigenvalue weighted by molar-refractivity contribution is -0.276. The first-order valence-electron chi connectivity index (χ1n) is 14.5. The van der Waals surface area contributed by atoms with Gasteiger partial charge >= 0.3 is 0 Å². The van der Waals surface area contributed by atoms with E-state index in [1.54, 1.807) is 0 Å². The molecule has 3 aliphatic rings. The SMILES string of the molecule is CN(C)[C@@H]1CN(c2nc(Cl)nc(NNC(=O)[C@H](CC3CCCC3)CN(C=O)OC3CCCCO3)c2F)C[C@@H]1N(C)C. The summed E-state index contributed by atoms with van der Waals surface area (Å²) < 4.78 is 21.3. The first kappa shape index (κ1) is 31.6. The number of amides is 2. The van der Waals surface area contributed by atoms with Gasteiger partial charge in [0.15, 0.2) is 17.9 Å². The maximum absolute atomic E-state index is 15.7. The van der Waals surface area contributed by atoms with Gasteiger partial charge in [-0.3, -0.25) is 20.4 Å². The number of hydrogen-bond donors (Lipinski definition) is 2. The van der Waals surface area contributed by atoms with Gasteiger partial charge in [-0.15, -0.1) is 0 Å². The summed E-state index contributed by atoms with van der Waals surface area (Å²) in [4.78, 5) is 45.2. The summed E-state index contributed by atoms with van der Waals surface area (Å²) in [7, 11) is 7.99. The minimum absolute atomic E-state index is 0.0528. The lowest BCUT2D eigenvalue weighted by Crippen LogP contribution is -2.45. The van der Waals surface area contributed by atoms with Gasteiger partial charge in [0.25, 0.3) is 0 Å². The summed E-state index contributed by atoms with van der Waals surface area (Å²) in [6.45, 7) is 1.74. The van der Waals surface area contributed by atoms with Crippen LogP contribution in [0.3, 0.4) is 0 Å². The van der Waals surface area contributed by atoms with E-state index in [0.29, 0.717) is 44.9 Å². The van der Waals surface area contributed by atoms with Gasteiger partial charge in [-0.1, -0.05) is 25.7 Å². The summed E-state index contributed by atoms with van der Waals surface area (Å²) in [5.41, 5.74) is 5.24. The van der Waals surface area contributed by atoms with Crippen molar-refractivity contribution < 1.29 is 23.6 Å². The number of rotatable bonds is 13. The Morgan fingerprint density at radius 2 is 1.78 bits per heavy atom. The second-order valence-corrected chi connectivity index (χ2v) is 12.1. The quantitative estimate of drug-likeness (QED) is 0.199. The van der Waals surface area contributed by atoms with Crippen LogP contribution >= 0.6 is 11.6 Å². The second kappa shape index (κ2) is 14.7. The predicted molar refractivity (Wildman–Crippen MR) is 153 cm³/mol. The van der Waals surface area contributed by atoms with Crippen molar-refractivity contribution in [2.45, 2.75) is 69.7 Å². The number of carbonyl (C=O) groups excluding carboxylic acids is 2. The summed E-state index contributed by atoms with van der Waals surface area (Å²) in [5.74, 6) is -1.46. The standard InChI is InChI=1S/C27H44ClFN8O4/c1-34(2)20-15-36(16-21(20)35(3)4)25-23(29)24(30-27(28)31-25)32-33-26(39)19(13-18-9-5-6-10-18)14-37(17-38)41-22-11-7-8-12-40-22/h17-22H,5-16H2,1-4H3,(H,33,39)(H,30,31,32)/t19-,20-,21+,22?/m1/s1. The number of nitrogens with zero attached hydrogens (tertiary/aromatic N) is 6. The molecule has 4 rings (SSSR count). The van der Waals surface area contributed by atoms with E-state index in [-0.39, 0.29) is 35.5 Å². The maximum atomic E-state index is 15.7. The zero-order chi connectivity index (χ0) is 29.5. The third-order valence-corrected chi connectivity index (χ3v) is 8.54. The van der Waals surface area contributed by atoms with Crippen molar-refractivity contribution in [3.05, 3.63) is 11.1 Å². The highest BCUT2D eigenvalue weighted by atomic mass is 35.5. The van der Waals surface area contributed by atoms with Crippen molar-refractivity contribution in [3.63, 3.8) is 0 Å². The Morgan fingerprint density at radius 1 is 1.12 bits per heavy atom. The Labute approximate surface area is 246 Å². The topological polar surface area (TPSA) is 115 Å². The molecule has 4 atom stereocenters. The molecular formula is C27H44ClFN8O4. The summed E-state index contributed by atoms with van der Waals surface area (Å²) in [5, 5.41) is 1.01. The van der Waals surface area contributed by atoms with Gasteiger partial charge in [0, 0.05) is 38.2 Å². The average molecular weight is 599 g/mol. The van der Waals surface area contributed by atoms with E-state index < -0.39 is 23.9 Å². The minimum atomic E-state index is -0.703. The molecule has 12 nitrogen and oxygen atoms in total. The number of nitrogens with one attached hydrogen (secondary N) is 2. The highest BCUT2D eigenvalue weighted by molar-refractivity contribution is 6.28. The van der Waals surface area contributed by atoms with E-state index >= 15 is 4.39 Å². The predicted octanol–water partition coefficient (Wildman–Crippen LogP) is 2.51. The second-order valence-electron chi connectivity index (χ2n) is 11.7. The van der Waals surface area contributed by atoms with E-state index in [9.17, 15) is 9.59 Å². The van der Waals surface area contributed by atoms with Crippen molar-refractivity contribution in [1.29, 1.82) is 0 Å². The van der Waals surface area contributed by atoms with Crippen molar-refractivity contribution in [2.24, 2.45) is 11.8 Å². The summed E-state index contributed by atoms with van der Waals surface area (Å²) >= 11 is 6.21. The van der Waals surface area contributed by atoms with Crippen LogP contribution in [0.2, 0.25) is 5.28 Å². The Kier molecular flexibility index (Phi) is 11.4. The number of hydroxylamine groups is 2. The van der Waals surface area contributed by atoms with Crippen molar-refractivity contribution in [3.8, 4) is 0 Å². The normalized spacial score (nSPS) is 24.2. The number of carbonyl (C=O) groups is 2. The molecule has 1 aliphatic carbocycles. The number of hydrazine groups is 1. The van der Waals surface area contributed by atoms with Gasteiger partial charge in [-0.2, -0.15) is 14.4 Å². The molecule has 1 aromatic heterocycles. The summed E-state index contributed by atoms with van der Waals surface area (Å²) in [6, 6.07) is 0.320. The number of halogens is 2. The van der Waals surface area contributed by atoms with Crippen molar-refractivity contribution in [2.75, 3.05) is 64.8 Å². The maximum Gasteiger partial charge on any atom is 0.243 e. The molecule has 14 heteroatoms. The largest absolute Gasteiger partial charge is 0.351 e. The van der Waals surface area contributed by atoms with Crippen molar-refractivity contribution >= 4 is 35.6 Å². The Morgan fingerprint density at radius 3 is 2.37 bits per heavy atom. The number of hydrogen-bond acceptors (Lipinski definition) is 10. The monoisotopic (exact) mass is 598 g/mol. The lowest BCUT2D eigenvalue weighted by Gasteiger charge is -2.30. The molecule has 1 saturated carbocycles. The third kappa shape index (κ3) is 8.38. The van der Waals surface area contributed by atoms with Gasteiger partial charge in [0.05, 0.1) is 12.5 Å². The Bertz CT molecular complexity index is 1010. The average Bonchev–Trinajstić information content (AvgIpc) is 3.63. The number of anilines is 2. The smallest absolute Gasteiger partial charge is 0.243 e. The molecule has 3 heterocycles. The first-order chi connectivity index (χ1) is 19.7. The highest BCUT2D eigenvalue weighted by Gasteiger charge is 2.38. The Hall–Kier alpha value is -2.32. The van der Waals surface area contributed by atoms with Crippen LogP contribution in [-0.2, 0) is 19.2 Å². The molecule has 0 bridgehead atoms. The zero-order valence-electron chi connectivity index (χ0n) is 24.5. The Balaban J connectivity index is 1.44. The molecule has 3 fully saturated rings. The van der Waals surface area contributed by atoms with Crippen LogP contribution in [0.1, 0.15) is 51.4 Å². The fourth-order valence-electron chi connectivity index (χ4n) is 6.07. The first-order valence-corrected chi connectivity index (χ1v) is 14.9. The van der Waals surface area contributed by atoms with Gasteiger partial charge in [0.2, 0.25) is 23.4 Å². The van der Waals surface area contributed by atoms with Crippen LogP contribution in [0.4, 0.5) is 16.0 Å². The van der Waals surface area contributed by atoms with Crippen LogP contribution in [0.25, 0.3) is 0 Å². The molecule has 1 unspecified atom stereocenters. The van der Waals surface area contributed by atoms with Crippen molar-refractivity contribution in [1.82, 2.24) is 30.3 Å². The van der Waals surface area contributed by atoms with E-state index in [2.05, 4.69) is 30.6 Å². The molecule has 2 N–H and O–H groups in total. The zero-order valence-corrected chi connectivity index (χ0v) is 25.3. The van der Waals surface area contributed by atoms with Gasteiger partial charge in [-0.25, -0.2) is 9.90 Å². The molecule has 0 aromatic carbocycles. The molecule has 0 spiro atoms.